The Balaban J connectivity index is 1.60. The lowest BCUT2D eigenvalue weighted by atomic mass is 10.2. The summed E-state index contributed by atoms with van der Waals surface area (Å²) >= 11 is 0. The molecule has 0 bridgehead atoms. The molecule has 178 valence electrons. The van der Waals surface area contributed by atoms with E-state index in [4.69, 9.17) is 9.47 Å². The first-order chi connectivity index (χ1) is 16.1. The van der Waals surface area contributed by atoms with Crippen molar-refractivity contribution in [1.82, 2.24) is 0 Å². The van der Waals surface area contributed by atoms with Crippen molar-refractivity contribution in [1.29, 1.82) is 0 Å². The van der Waals surface area contributed by atoms with Crippen LogP contribution in [0, 0.1) is 0 Å². The number of nitrogens with zero attached hydrogens (tertiary/aromatic N) is 1. The number of methoxy groups -OCH3 is 1. The number of fused-ring (bicyclic) bond motifs is 1. The van der Waals surface area contributed by atoms with Gasteiger partial charge in [0.05, 0.1) is 29.8 Å². The Kier molecular flexibility index (Phi) is 6.13. The predicted octanol–water partition coefficient (Wildman–Crippen LogP) is 4.31. The highest BCUT2D eigenvalue weighted by atomic mass is 32.2. The van der Waals surface area contributed by atoms with Gasteiger partial charge in [0, 0.05) is 5.69 Å². The summed E-state index contributed by atoms with van der Waals surface area (Å²) in [5.41, 5.74) is -0.480. The number of alkyl halides is 3. The lowest BCUT2D eigenvalue weighted by molar-refractivity contribution is -0.137. The minimum absolute atomic E-state index is 0.00750. The van der Waals surface area contributed by atoms with Crippen LogP contribution in [0.15, 0.2) is 77.7 Å². The van der Waals surface area contributed by atoms with Crippen LogP contribution in [0.2, 0.25) is 0 Å². The fourth-order valence-corrected chi connectivity index (χ4v) is 4.88. The smallest absolute Gasteiger partial charge is 0.416 e. The second kappa shape index (κ2) is 8.90. The maximum Gasteiger partial charge on any atom is 0.416 e. The molecule has 7 nitrogen and oxygen atoms in total. The number of anilines is 2. The third-order valence-corrected chi connectivity index (χ3v) is 6.95. The summed E-state index contributed by atoms with van der Waals surface area (Å²) < 4.78 is 77.0. The minimum Gasteiger partial charge on any atom is -0.497 e. The molecule has 0 aromatic heterocycles. The van der Waals surface area contributed by atoms with Crippen molar-refractivity contribution in [2.75, 3.05) is 23.3 Å². The molecule has 1 N–H and O–H groups in total. The van der Waals surface area contributed by atoms with Gasteiger partial charge in [-0.3, -0.25) is 9.10 Å². The number of carbonyl (C=O) groups excluding carboxylic acids is 1. The molecule has 1 heterocycles. The molecule has 0 saturated heterocycles. The Morgan fingerprint density at radius 1 is 1.03 bits per heavy atom. The zero-order valence-corrected chi connectivity index (χ0v) is 18.6. The summed E-state index contributed by atoms with van der Waals surface area (Å²) in [7, 11) is -2.61. The van der Waals surface area contributed by atoms with Crippen molar-refractivity contribution in [3.05, 3.63) is 78.4 Å². The molecular weight excluding hydrogens is 473 g/mol. The van der Waals surface area contributed by atoms with Gasteiger partial charge in [0.2, 0.25) is 0 Å². The van der Waals surface area contributed by atoms with Crippen LogP contribution in [-0.4, -0.2) is 34.1 Å². The van der Waals surface area contributed by atoms with Gasteiger partial charge in [-0.25, -0.2) is 8.42 Å². The summed E-state index contributed by atoms with van der Waals surface area (Å²) in [5, 5.41) is 2.48. The van der Waals surface area contributed by atoms with Crippen LogP contribution in [0.3, 0.4) is 0 Å². The molecule has 1 amide bonds. The van der Waals surface area contributed by atoms with E-state index in [1.165, 1.54) is 37.4 Å². The monoisotopic (exact) mass is 492 g/mol. The zero-order chi connectivity index (χ0) is 24.5. The Labute approximate surface area is 193 Å². The van der Waals surface area contributed by atoms with Gasteiger partial charge in [-0.2, -0.15) is 13.2 Å². The van der Waals surface area contributed by atoms with E-state index in [2.05, 4.69) is 5.32 Å². The lowest BCUT2D eigenvalue weighted by Gasteiger charge is -2.34. The first-order valence-electron chi connectivity index (χ1n) is 10.0. The van der Waals surface area contributed by atoms with E-state index in [0.29, 0.717) is 5.75 Å². The van der Waals surface area contributed by atoms with Gasteiger partial charge in [-0.15, -0.1) is 0 Å². The van der Waals surface area contributed by atoms with Crippen LogP contribution in [-0.2, 0) is 21.0 Å². The van der Waals surface area contributed by atoms with Gasteiger partial charge >= 0.3 is 6.18 Å². The van der Waals surface area contributed by atoms with E-state index >= 15 is 0 Å². The molecule has 11 heteroatoms. The van der Waals surface area contributed by atoms with Crippen molar-refractivity contribution in [2.24, 2.45) is 0 Å². The van der Waals surface area contributed by atoms with Crippen LogP contribution in [0.5, 0.6) is 11.5 Å². The van der Waals surface area contributed by atoms with Gasteiger partial charge in [-0.05, 0) is 60.7 Å². The standard InChI is InChI=1S/C23H19F3N2O5S/c1-32-17-10-12-18(13-11-17)34(30,31)28-14-21(33-20-5-3-2-4-19(20)28)22(29)27-16-8-6-15(7-9-16)23(24,25)26/h2-13,21H,14H2,1H3,(H,27,29)/t21-/m1/s1. The highest BCUT2D eigenvalue weighted by Gasteiger charge is 2.37. The van der Waals surface area contributed by atoms with Gasteiger partial charge in [0.25, 0.3) is 15.9 Å². The molecule has 0 fully saturated rings. The van der Waals surface area contributed by atoms with E-state index in [1.54, 1.807) is 18.2 Å². The largest absolute Gasteiger partial charge is 0.497 e. The maximum atomic E-state index is 13.4. The second-order valence-corrected chi connectivity index (χ2v) is 9.21. The van der Waals surface area contributed by atoms with Crippen molar-refractivity contribution >= 4 is 27.3 Å². The number of rotatable bonds is 5. The summed E-state index contributed by atoms with van der Waals surface area (Å²) in [6, 6.07) is 16.1. The minimum atomic E-state index is -4.50. The summed E-state index contributed by atoms with van der Waals surface area (Å²) in [4.78, 5) is 12.8. The van der Waals surface area contributed by atoms with Crippen molar-refractivity contribution in [3.63, 3.8) is 0 Å². The Bertz CT molecular complexity index is 1290. The molecule has 1 atom stereocenters. The SMILES string of the molecule is COc1ccc(S(=O)(=O)N2C[C@H](C(=O)Nc3ccc(C(F)(F)F)cc3)Oc3ccccc32)cc1. The molecule has 0 aliphatic carbocycles. The number of sulfonamides is 1. The van der Waals surface area contributed by atoms with Crippen molar-refractivity contribution in [2.45, 2.75) is 17.2 Å². The van der Waals surface area contributed by atoms with E-state index in [0.717, 1.165) is 28.6 Å². The summed E-state index contributed by atoms with van der Waals surface area (Å²) in [5.74, 6) is -0.0438. The first-order valence-corrected chi connectivity index (χ1v) is 11.4. The third-order valence-electron chi connectivity index (χ3n) is 5.15. The number of hydrogen-bond acceptors (Lipinski definition) is 5. The number of carbonyl (C=O) groups is 1. The number of amides is 1. The average Bonchev–Trinajstić information content (AvgIpc) is 2.83. The van der Waals surface area contributed by atoms with Crippen LogP contribution >= 0.6 is 0 Å². The number of hydrogen-bond donors (Lipinski definition) is 1. The molecule has 4 rings (SSSR count). The molecule has 34 heavy (non-hydrogen) atoms. The van der Waals surface area contributed by atoms with E-state index in [9.17, 15) is 26.4 Å². The molecular formula is C23H19F3N2O5S. The zero-order valence-electron chi connectivity index (χ0n) is 17.7. The molecule has 0 unspecified atom stereocenters. The molecule has 0 spiro atoms. The molecule has 0 saturated carbocycles. The molecule has 1 aliphatic heterocycles. The number of halogens is 3. The quantitative estimate of drug-likeness (QED) is 0.574. The van der Waals surface area contributed by atoms with E-state index in [-0.39, 0.29) is 28.6 Å². The van der Waals surface area contributed by atoms with Crippen molar-refractivity contribution in [3.8, 4) is 11.5 Å². The fraction of sp³-hybridized carbons (Fsp3) is 0.174. The number of ether oxygens (including phenoxy) is 2. The van der Waals surface area contributed by atoms with Gasteiger partial charge in [0.1, 0.15) is 11.5 Å². The number of nitrogens with one attached hydrogen (secondary N) is 1. The van der Waals surface area contributed by atoms with Gasteiger partial charge in [0.15, 0.2) is 6.10 Å². The van der Waals surface area contributed by atoms with Gasteiger partial charge < -0.3 is 14.8 Å². The highest BCUT2D eigenvalue weighted by Crippen LogP contribution is 2.37. The molecule has 0 radical (unpaired) electrons. The number of para-hydroxylation sites is 2. The third kappa shape index (κ3) is 4.65. The van der Waals surface area contributed by atoms with Crippen LogP contribution in [0.25, 0.3) is 0 Å². The summed E-state index contributed by atoms with van der Waals surface area (Å²) in [6.07, 6.45) is -5.75. The fourth-order valence-electron chi connectivity index (χ4n) is 3.41. The molecule has 3 aromatic carbocycles. The average molecular weight is 492 g/mol. The normalized spacial score (nSPS) is 15.8. The van der Waals surface area contributed by atoms with Crippen LogP contribution in [0.1, 0.15) is 5.56 Å². The van der Waals surface area contributed by atoms with E-state index < -0.39 is 33.8 Å². The second-order valence-electron chi connectivity index (χ2n) is 7.35. The molecule has 1 aliphatic rings. The first kappa shape index (κ1) is 23.4. The Hall–Kier alpha value is -3.73. The van der Waals surface area contributed by atoms with Crippen molar-refractivity contribution < 1.29 is 35.9 Å². The Morgan fingerprint density at radius 2 is 1.68 bits per heavy atom. The van der Waals surface area contributed by atoms with Crippen LogP contribution in [0.4, 0.5) is 24.5 Å². The summed E-state index contributed by atoms with van der Waals surface area (Å²) in [6.45, 7) is -0.335. The molecule has 3 aromatic rings. The number of benzene rings is 3. The topological polar surface area (TPSA) is 84.9 Å². The lowest BCUT2D eigenvalue weighted by Crippen LogP contribution is -2.48. The highest BCUT2D eigenvalue weighted by molar-refractivity contribution is 7.92. The van der Waals surface area contributed by atoms with Crippen LogP contribution < -0.4 is 19.1 Å². The Morgan fingerprint density at radius 3 is 2.29 bits per heavy atom. The maximum absolute atomic E-state index is 13.4. The van der Waals surface area contributed by atoms with E-state index in [1.807, 2.05) is 0 Å². The van der Waals surface area contributed by atoms with Gasteiger partial charge in [-0.1, -0.05) is 12.1 Å². The predicted molar refractivity (Wildman–Crippen MR) is 118 cm³/mol.